The van der Waals surface area contributed by atoms with Crippen LogP contribution in [0.15, 0.2) is 225 Å². The average Bonchev–Trinajstić information content (AvgIpc) is 3.47. The minimum Gasteiger partial charge on any atom is -0.457 e. The molecular weight excluding hydrogens is 1100 g/mol. The van der Waals surface area contributed by atoms with E-state index in [2.05, 4.69) is 52.3 Å². The van der Waals surface area contributed by atoms with Gasteiger partial charge in [-0.2, -0.15) is 0 Å². The van der Waals surface area contributed by atoms with E-state index in [9.17, 15) is 19.5 Å². The number of amides is 3. The number of nitrogens with zero attached hydrogens (tertiary/aromatic N) is 1. The number of thioether (sulfide) groups is 2. The molecule has 7 aromatic carbocycles. The number of nitrogens with one attached hydrogen (secondary N) is 3. The monoisotopic (exact) mass is 1170 g/mol. The Labute approximate surface area is 507 Å². The van der Waals surface area contributed by atoms with Gasteiger partial charge in [-0.3, -0.25) is 23.7 Å². The lowest BCUT2D eigenvalue weighted by Gasteiger charge is -2.37. The largest absolute Gasteiger partial charge is 0.457 e. The second-order valence-corrected chi connectivity index (χ2v) is 25.2. The van der Waals surface area contributed by atoms with Crippen molar-refractivity contribution in [1.29, 1.82) is 0 Å². The van der Waals surface area contributed by atoms with Gasteiger partial charge in [-0.15, -0.1) is 23.5 Å². The van der Waals surface area contributed by atoms with Crippen molar-refractivity contribution >= 4 is 64.2 Å². The number of benzene rings is 7. The van der Waals surface area contributed by atoms with Crippen molar-refractivity contribution in [2.45, 2.75) is 106 Å². The second-order valence-electron chi connectivity index (χ2n) is 22.6. The predicted octanol–water partition coefficient (Wildman–Crippen LogP) is 12.5. The Hall–Kier alpha value is -8.17. The molecule has 438 valence electrons. The molecule has 0 saturated carbocycles. The molecule has 9 rings (SSSR count). The van der Waals surface area contributed by atoms with Crippen LogP contribution in [0.25, 0.3) is 10.9 Å². The van der Waals surface area contributed by atoms with Gasteiger partial charge in [0.15, 0.2) is 0 Å². The zero-order valence-electron chi connectivity index (χ0n) is 48.6. The number of carbonyl (C=O) groups excluding carboxylic acids is 5. The number of fused-ring (bicyclic) bond motifs is 1. The summed E-state index contributed by atoms with van der Waals surface area (Å²) >= 11 is 3.23. The summed E-state index contributed by atoms with van der Waals surface area (Å²) in [5, 5.41) is 21.7. The van der Waals surface area contributed by atoms with Crippen molar-refractivity contribution in [2.24, 2.45) is 5.92 Å². The standard InChI is InChI=1S/C71H74N4O8S2/c1-49(2)65-62(76)46-64(78)82-57(40-26-27-43-84-70(51-28-12-6-13-29-51,52-30-14-7-15-31-52)53-32-16-8-17-33-53)45-63(77)72-59(44-50-47-75(68(81)83-69(3,4)5)61-42-25-24-41-58(50)61)66(79)73-60(67(80)74-65)48-85-71(54-34-18-9-19-35-54,55-36-20-10-21-37-55)56-38-22-11-23-39-56/h6-26,28-42,47,49,57,59-60,62,65,76H,27,43-46,48H2,1-5H3,(H,72,77)(H,73,79)(H,74,80)/t57-,59-,60-,62+,65-/m1/s1. The molecule has 0 aliphatic carbocycles. The summed E-state index contributed by atoms with van der Waals surface area (Å²) in [6.07, 6.45) is 1.58. The van der Waals surface area contributed by atoms with E-state index in [0.29, 0.717) is 28.6 Å². The molecule has 4 N–H and O–H groups in total. The molecule has 1 aromatic heterocycles. The fourth-order valence-corrected chi connectivity index (χ4v) is 14.1. The van der Waals surface area contributed by atoms with Gasteiger partial charge in [0, 0.05) is 23.8 Å². The van der Waals surface area contributed by atoms with Crippen LogP contribution in [-0.4, -0.2) is 86.9 Å². The maximum Gasteiger partial charge on any atom is 0.419 e. The molecule has 1 fully saturated rings. The Morgan fingerprint density at radius 2 is 1.06 bits per heavy atom. The number of aliphatic hydroxyl groups excluding tert-OH is 1. The molecule has 0 radical (unpaired) electrons. The molecule has 0 bridgehead atoms. The van der Waals surface area contributed by atoms with Crippen LogP contribution in [0.4, 0.5) is 4.79 Å². The molecule has 14 heteroatoms. The highest BCUT2D eigenvalue weighted by atomic mass is 32.2. The molecule has 1 aliphatic rings. The number of aliphatic hydroxyl groups is 1. The lowest BCUT2D eigenvalue weighted by Crippen LogP contribution is -2.58. The Kier molecular flexibility index (Phi) is 20.3. The van der Waals surface area contributed by atoms with E-state index in [4.69, 9.17) is 9.47 Å². The quantitative estimate of drug-likeness (QED) is 0.0298. The number of aromatic nitrogens is 1. The van der Waals surface area contributed by atoms with Gasteiger partial charge >= 0.3 is 12.1 Å². The minimum atomic E-state index is -1.41. The fourth-order valence-electron chi connectivity index (χ4n) is 11.1. The molecule has 85 heavy (non-hydrogen) atoms. The van der Waals surface area contributed by atoms with E-state index in [0.717, 1.165) is 33.4 Å². The SMILES string of the molecule is CC(C)[C@H]1NC(=O)[C@@H](CSC(c2ccccc2)(c2ccccc2)c2ccccc2)NC(=O)[C@@H](Cc2cn(C(=O)OC(C)(C)C)c3ccccc23)NC(=O)C[C@@H](C=CCCSC(c2ccccc2)(c2ccccc2)c2ccccc2)OC(=O)C[C@@H]1O. The highest BCUT2D eigenvalue weighted by molar-refractivity contribution is 8.00. The lowest BCUT2D eigenvalue weighted by atomic mass is 9.84. The van der Waals surface area contributed by atoms with Crippen LogP contribution in [0.5, 0.6) is 0 Å². The zero-order chi connectivity index (χ0) is 60.0. The van der Waals surface area contributed by atoms with Crippen LogP contribution in [0.2, 0.25) is 0 Å². The summed E-state index contributed by atoms with van der Waals surface area (Å²) in [6, 6.07) is 64.7. The van der Waals surface area contributed by atoms with Crippen molar-refractivity contribution in [3.8, 4) is 0 Å². The summed E-state index contributed by atoms with van der Waals surface area (Å²) < 4.78 is 11.8. The van der Waals surface area contributed by atoms with Gasteiger partial charge in [0.05, 0.1) is 40.0 Å². The molecule has 0 spiro atoms. The van der Waals surface area contributed by atoms with Gasteiger partial charge in [-0.05, 0) is 89.9 Å². The smallest absolute Gasteiger partial charge is 0.419 e. The molecule has 5 atom stereocenters. The van der Waals surface area contributed by atoms with Crippen molar-refractivity contribution in [1.82, 2.24) is 20.5 Å². The van der Waals surface area contributed by atoms with E-state index in [1.807, 2.05) is 178 Å². The number of carbonyl (C=O) groups is 5. The van der Waals surface area contributed by atoms with Crippen molar-refractivity contribution in [2.75, 3.05) is 11.5 Å². The highest BCUT2D eigenvalue weighted by Crippen LogP contribution is 2.50. The number of allylic oxidation sites excluding steroid dienone is 1. The van der Waals surface area contributed by atoms with Gasteiger partial charge in [0.25, 0.3) is 0 Å². The topological polar surface area (TPSA) is 165 Å². The van der Waals surface area contributed by atoms with Gasteiger partial charge in [-0.1, -0.05) is 220 Å². The Balaban J connectivity index is 1.07. The van der Waals surface area contributed by atoms with Gasteiger partial charge in [0.1, 0.15) is 23.8 Å². The fraction of sp³-hybridized carbons (Fsp3) is 0.282. The Morgan fingerprint density at radius 1 is 0.612 bits per heavy atom. The first kappa shape index (κ1) is 61.4. The molecular formula is C71H74N4O8S2. The molecule has 3 amide bonds. The van der Waals surface area contributed by atoms with E-state index >= 15 is 9.59 Å². The molecule has 0 unspecified atom stereocenters. The van der Waals surface area contributed by atoms with Crippen LogP contribution >= 0.6 is 23.5 Å². The maximum absolute atomic E-state index is 15.4. The third kappa shape index (κ3) is 14.9. The second kappa shape index (κ2) is 28.1. The highest BCUT2D eigenvalue weighted by Gasteiger charge is 2.41. The Morgan fingerprint density at radius 3 is 1.53 bits per heavy atom. The third-order valence-corrected chi connectivity index (χ3v) is 18.3. The number of esters is 1. The number of cyclic esters (lactones) is 1. The summed E-state index contributed by atoms with van der Waals surface area (Å²) in [5.41, 5.74) is 6.40. The summed E-state index contributed by atoms with van der Waals surface area (Å²) in [4.78, 5) is 73.3. The number of para-hydroxylation sites is 1. The van der Waals surface area contributed by atoms with Crippen LogP contribution in [-0.2, 0) is 44.6 Å². The van der Waals surface area contributed by atoms with Crippen LogP contribution < -0.4 is 16.0 Å². The number of hydrogen-bond acceptors (Lipinski definition) is 10. The first-order valence-electron chi connectivity index (χ1n) is 28.9. The molecule has 8 aromatic rings. The van der Waals surface area contributed by atoms with E-state index in [1.165, 1.54) is 16.3 Å². The van der Waals surface area contributed by atoms with Crippen molar-refractivity contribution < 1.29 is 38.6 Å². The lowest BCUT2D eigenvalue weighted by molar-refractivity contribution is -0.151. The maximum atomic E-state index is 15.4. The van der Waals surface area contributed by atoms with Crippen LogP contribution in [0.3, 0.4) is 0 Å². The number of ether oxygens (including phenoxy) is 2. The number of hydrogen-bond donors (Lipinski definition) is 4. The predicted molar refractivity (Wildman–Crippen MR) is 340 cm³/mol. The zero-order valence-corrected chi connectivity index (χ0v) is 50.3. The molecule has 12 nitrogen and oxygen atoms in total. The summed E-state index contributed by atoms with van der Waals surface area (Å²) in [5.74, 6) is -2.43. The number of rotatable bonds is 17. The first-order valence-corrected chi connectivity index (χ1v) is 30.9. The normalized spacial score (nSPS) is 18.6. The van der Waals surface area contributed by atoms with Crippen molar-refractivity contribution in [3.63, 3.8) is 0 Å². The van der Waals surface area contributed by atoms with Gasteiger partial charge in [-0.25, -0.2) is 4.79 Å². The summed E-state index contributed by atoms with van der Waals surface area (Å²) in [6.45, 7) is 9.00. The Bertz CT molecular complexity index is 3350. The molecule has 1 aliphatic heterocycles. The summed E-state index contributed by atoms with van der Waals surface area (Å²) in [7, 11) is 0. The molecule has 2 heterocycles. The molecule has 1 saturated heterocycles. The first-order chi connectivity index (χ1) is 41.1. The van der Waals surface area contributed by atoms with E-state index in [1.54, 1.807) is 56.9 Å². The minimum absolute atomic E-state index is 0.00610. The van der Waals surface area contributed by atoms with Gasteiger partial charge < -0.3 is 30.5 Å². The third-order valence-electron chi connectivity index (χ3n) is 15.1. The van der Waals surface area contributed by atoms with E-state index < -0.39 is 81.6 Å². The van der Waals surface area contributed by atoms with Gasteiger partial charge in [0.2, 0.25) is 17.7 Å². The van der Waals surface area contributed by atoms with E-state index in [-0.39, 0.29) is 24.5 Å². The van der Waals surface area contributed by atoms with Crippen LogP contribution in [0.1, 0.15) is 92.8 Å². The van der Waals surface area contributed by atoms with Crippen LogP contribution in [0, 0.1) is 5.92 Å². The van der Waals surface area contributed by atoms with Crippen molar-refractivity contribution in [3.05, 3.63) is 264 Å². The average molecular weight is 1180 g/mol.